The lowest BCUT2D eigenvalue weighted by Crippen LogP contribution is -2.29. The summed E-state index contributed by atoms with van der Waals surface area (Å²) in [5.74, 6) is 0. The third-order valence-corrected chi connectivity index (χ3v) is 5.46. The van der Waals surface area contributed by atoms with Crippen LogP contribution in [0.5, 0.6) is 0 Å². The minimum absolute atomic E-state index is 0.288. The molecule has 0 bridgehead atoms. The van der Waals surface area contributed by atoms with Gasteiger partial charge < -0.3 is 4.57 Å². The first kappa shape index (κ1) is 18.5. The molecule has 0 fully saturated rings. The van der Waals surface area contributed by atoms with Gasteiger partial charge in [0.25, 0.3) is 5.56 Å². The number of hydrogen-bond acceptors (Lipinski definition) is 6. The zero-order chi connectivity index (χ0) is 19.8. The normalized spacial score (nSPS) is 11.2. The second kappa shape index (κ2) is 7.25. The number of aryl methyl sites for hydroxylation is 2. The van der Waals surface area contributed by atoms with Gasteiger partial charge in [0.2, 0.25) is 0 Å². The second-order valence-corrected chi connectivity index (χ2v) is 7.49. The number of fused-ring (bicyclic) bond motifs is 1. The Morgan fingerprint density at radius 3 is 2.71 bits per heavy atom. The van der Waals surface area contributed by atoms with Crippen LogP contribution in [-0.4, -0.2) is 29.1 Å². The van der Waals surface area contributed by atoms with Crippen molar-refractivity contribution in [3.05, 3.63) is 73.6 Å². The fourth-order valence-electron chi connectivity index (χ4n) is 2.79. The fourth-order valence-corrected chi connectivity index (χ4v) is 3.85. The monoisotopic (exact) mass is 414 g/mol. The van der Waals surface area contributed by atoms with Crippen LogP contribution >= 0.6 is 23.4 Å². The van der Waals surface area contributed by atoms with Gasteiger partial charge in [-0.2, -0.15) is 0 Å². The average molecular weight is 415 g/mol. The molecule has 1 aromatic carbocycles. The highest BCUT2D eigenvalue weighted by molar-refractivity contribution is 7.99. The van der Waals surface area contributed by atoms with E-state index in [0.717, 1.165) is 11.3 Å². The van der Waals surface area contributed by atoms with Gasteiger partial charge in [0.15, 0.2) is 21.5 Å². The van der Waals surface area contributed by atoms with Gasteiger partial charge in [0, 0.05) is 24.0 Å². The number of benzene rings is 1. The molecule has 0 aliphatic rings. The molecule has 0 radical (unpaired) electrons. The molecule has 4 rings (SSSR count). The second-order valence-electron chi connectivity index (χ2n) is 6.15. The molecule has 0 amide bonds. The number of aromatic nitrogens is 6. The van der Waals surface area contributed by atoms with E-state index in [1.165, 1.54) is 16.3 Å². The van der Waals surface area contributed by atoms with Crippen molar-refractivity contribution in [1.29, 1.82) is 0 Å². The van der Waals surface area contributed by atoms with Crippen LogP contribution in [0.4, 0.5) is 0 Å². The number of nitrogens with one attached hydrogen (secondary N) is 1. The Balaban J connectivity index is 1.93. The van der Waals surface area contributed by atoms with Crippen LogP contribution in [0, 0.1) is 6.92 Å². The van der Waals surface area contributed by atoms with Gasteiger partial charge in [-0.3, -0.25) is 14.3 Å². The van der Waals surface area contributed by atoms with Crippen molar-refractivity contribution in [3.8, 4) is 0 Å². The minimum Gasteiger partial charge on any atom is -0.308 e. The lowest BCUT2D eigenvalue weighted by molar-refractivity contribution is 0.725. The zero-order valence-corrected chi connectivity index (χ0v) is 16.6. The van der Waals surface area contributed by atoms with Gasteiger partial charge in [-0.25, -0.2) is 19.7 Å². The van der Waals surface area contributed by atoms with Crippen molar-refractivity contribution >= 4 is 34.5 Å². The Bertz CT molecular complexity index is 1310. The van der Waals surface area contributed by atoms with E-state index in [1.54, 1.807) is 29.9 Å². The maximum absolute atomic E-state index is 12.6. The molecule has 0 spiro atoms. The van der Waals surface area contributed by atoms with Crippen molar-refractivity contribution in [2.45, 2.75) is 23.8 Å². The highest BCUT2D eigenvalue weighted by Crippen LogP contribution is 2.28. The van der Waals surface area contributed by atoms with Crippen LogP contribution in [0.25, 0.3) is 11.2 Å². The highest BCUT2D eigenvalue weighted by Gasteiger charge is 2.20. The molecule has 4 aromatic rings. The molecule has 0 unspecified atom stereocenters. The fraction of sp³-hybridized carbons (Fsp3) is 0.167. The topological polar surface area (TPSA) is 98.5 Å². The Morgan fingerprint density at radius 1 is 1.18 bits per heavy atom. The largest absolute Gasteiger partial charge is 0.329 e. The van der Waals surface area contributed by atoms with E-state index in [2.05, 4.69) is 19.9 Å². The Labute approximate surface area is 168 Å². The number of H-pyrrole nitrogens is 1. The quantitative estimate of drug-likeness (QED) is 0.515. The van der Waals surface area contributed by atoms with Gasteiger partial charge in [-0.05, 0) is 36.4 Å². The molecule has 28 heavy (non-hydrogen) atoms. The molecule has 1 N–H and O–H groups in total. The predicted octanol–water partition coefficient (Wildman–Crippen LogP) is 2.37. The first-order chi connectivity index (χ1) is 13.4. The molecule has 0 aliphatic heterocycles. The summed E-state index contributed by atoms with van der Waals surface area (Å²) in [6, 6.07) is 9.17. The Kier molecular flexibility index (Phi) is 4.78. The molecule has 0 saturated carbocycles. The molecule has 3 heterocycles. The van der Waals surface area contributed by atoms with E-state index in [1.807, 2.05) is 25.1 Å². The first-order valence-corrected chi connectivity index (χ1v) is 9.54. The van der Waals surface area contributed by atoms with Gasteiger partial charge in [-0.15, -0.1) is 0 Å². The van der Waals surface area contributed by atoms with Crippen LogP contribution in [0.2, 0.25) is 5.02 Å². The maximum atomic E-state index is 12.6. The van der Waals surface area contributed by atoms with E-state index in [-0.39, 0.29) is 11.2 Å². The van der Waals surface area contributed by atoms with Crippen molar-refractivity contribution in [2.75, 3.05) is 0 Å². The number of imidazole rings is 1. The lowest BCUT2D eigenvalue weighted by atomic mass is 10.2. The van der Waals surface area contributed by atoms with Crippen LogP contribution in [0.1, 0.15) is 11.3 Å². The number of halogens is 1. The summed E-state index contributed by atoms with van der Waals surface area (Å²) in [6.07, 6.45) is 1.66. The van der Waals surface area contributed by atoms with Crippen molar-refractivity contribution in [1.82, 2.24) is 29.1 Å². The van der Waals surface area contributed by atoms with E-state index in [9.17, 15) is 9.59 Å². The Morgan fingerprint density at radius 2 is 1.96 bits per heavy atom. The summed E-state index contributed by atoms with van der Waals surface area (Å²) < 4.78 is 3.03. The summed E-state index contributed by atoms with van der Waals surface area (Å²) in [6.45, 7) is 2.18. The van der Waals surface area contributed by atoms with E-state index in [0.29, 0.717) is 21.9 Å². The molecule has 10 heteroatoms. The summed E-state index contributed by atoms with van der Waals surface area (Å²) >= 11 is 7.54. The summed E-state index contributed by atoms with van der Waals surface area (Å²) in [4.78, 5) is 40.1. The van der Waals surface area contributed by atoms with Gasteiger partial charge in [0.1, 0.15) is 0 Å². The predicted molar refractivity (Wildman–Crippen MR) is 107 cm³/mol. The summed E-state index contributed by atoms with van der Waals surface area (Å²) in [7, 11) is 1.56. The summed E-state index contributed by atoms with van der Waals surface area (Å²) in [5, 5.41) is 1.57. The first-order valence-electron chi connectivity index (χ1n) is 8.34. The number of nitrogens with zero attached hydrogens (tertiary/aromatic N) is 5. The molecule has 0 saturated heterocycles. The molecular weight excluding hydrogens is 400 g/mol. The van der Waals surface area contributed by atoms with Crippen LogP contribution in [-0.2, 0) is 13.6 Å². The van der Waals surface area contributed by atoms with Crippen molar-refractivity contribution in [2.24, 2.45) is 7.05 Å². The average Bonchev–Trinajstić information content (AvgIpc) is 3.00. The molecule has 0 aliphatic carbocycles. The lowest BCUT2D eigenvalue weighted by Gasteiger charge is -2.09. The van der Waals surface area contributed by atoms with E-state index >= 15 is 0 Å². The number of hydrogen-bond donors (Lipinski definition) is 1. The standard InChI is InChI=1S/C18H15ClN6O2S/c1-10-7-8-20-16(21-10)28-18-22-14-13(15(26)23-17(27)24(14)2)25(18)9-11-5-3-4-6-12(11)19/h3-8H,9H2,1-2H3,(H,23,26,27). The van der Waals surface area contributed by atoms with Crippen molar-refractivity contribution in [3.63, 3.8) is 0 Å². The van der Waals surface area contributed by atoms with E-state index < -0.39 is 11.2 Å². The number of aromatic amines is 1. The van der Waals surface area contributed by atoms with Gasteiger partial charge in [0.05, 0.1) is 6.54 Å². The van der Waals surface area contributed by atoms with E-state index in [4.69, 9.17) is 11.6 Å². The van der Waals surface area contributed by atoms with Crippen molar-refractivity contribution < 1.29 is 0 Å². The van der Waals surface area contributed by atoms with Crippen LogP contribution in [0.3, 0.4) is 0 Å². The molecule has 142 valence electrons. The molecule has 0 atom stereocenters. The molecule has 8 nitrogen and oxygen atoms in total. The Hall–Kier alpha value is -2.91. The SMILES string of the molecule is Cc1ccnc(Sc2nc3c(c(=O)[nH]c(=O)n3C)n2Cc2ccccc2Cl)n1. The van der Waals surface area contributed by atoms with Crippen LogP contribution < -0.4 is 11.2 Å². The summed E-state index contributed by atoms with van der Waals surface area (Å²) in [5.41, 5.74) is 1.19. The zero-order valence-electron chi connectivity index (χ0n) is 15.0. The highest BCUT2D eigenvalue weighted by atomic mass is 35.5. The molecule has 3 aromatic heterocycles. The minimum atomic E-state index is -0.525. The molecular formula is C18H15ClN6O2S. The third-order valence-electron chi connectivity index (χ3n) is 4.21. The third kappa shape index (κ3) is 3.34. The van der Waals surface area contributed by atoms with Crippen LogP contribution in [0.15, 0.2) is 56.4 Å². The number of rotatable bonds is 4. The smallest absolute Gasteiger partial charge is 0.308 e. The van der Waals surface area contributed by atoms with Gasteiger partial charge >= 0.3 is 5.69 Å². The van der Waals surface area contributed by atoms with Gasteiger partial charge in [-0.1, -0.05) is 29.8 Å². The maximum Gasteiger partial charge on any atom is 0.329 e.